The molecule has 0 bridgehead atoms. The molecule has 0 amide bonds. The van der Waals surface area contributed by atoms with Crippen molar-refractivity contribution in [3.8, 4) is 0 Å². The van der Waals surface area contributed by atoms with Gasteiger partial charge in [0.05, 0.1) is 13.2 Å². The van der Waals surface area contributed by atoms with Gasteiger partial charge in [-0.05, 0) is 19.8 Å². The van der Waals surface area contributed by atoms with E-state index >= 15 is 0 Å². The normalized spacial score (nSPS) is 21.9. The van der Waals surface area contributed by atoms with E-state index in [1.807, 2.05) is 6.92 Å². The third-order valence-corrected chi connectivity index (χ3v) is 2.90. The number of piperidine rings is 1. The molecule has 0 aromatic carbocycles. The number of carbonyl (C=O) groups is 1. The van der Waals surface area contributed by atoms with E-state index in [2.05, 4.69) is 4.90 Å². The molecule has 0 aromatic rings. The van der Waals surface area contributed by atoms with Crippen molar-refractivity contribution in [3.05, 3.63) is 0 Å². The van der Waals surface area contributed by atoms with Crippen LogP contribution < -0.4 is 0 Å². The number of esters is 1. The van der Waals surface area contributed by atoms with Gasteiger partial charge in [-0.2, -0.15) is 0 Å². The molecule has 1 aliphatic heterocycles. The lowest BCUT2D eigenvalue weighted by molar-refractivity contribution is -0.147. The van der Waals surface area contributed by atoms with Gasteiger partial charge in [0, 0.05) is 20.2 Å². The first kappa shape index (κ1) is 11.5. The standard InChI is InChI=1S/C10H19NO3/c1-8(10(12)14-3)11-6-4-9(13-2)5-7-11/h8-9H,4-7H2,1-3H3. The van der Waals surface area contributed by atoms with Crippen LogP contribution in [-0.2, 0) is 14.3 Å². The summed E-state index contributed by atoms with van der Waals surface area (Å²) >= 11 is 0. The maximum absolute atomic E-state index is 11.3. The van der Waals surface area contributed by atoms with Gasteiger partial charge in [-0.25, -0.2) is 0 Å². The molecular formula is C10H19NO3. The highest BCUT2D eigenvalue weighted by Gasteiger charge is 2.26. The second-order valence-electron chi connectivity index (χ2n) is 3.67. The van der Waals surface area contributed by atoms with Gasteiger partial charge in [0.25, 0.3) is 0 Å². The van der Waals surface area contributed by atoms with Gasteiger partial charge >= 0.3 is 5.97 Å². The van der Waals surface area contributed by atoms with E-state index in [4.69, 9.17) is 9.47 Å². The molecule has 14 heavy (non-hydrogen) atoms. The number of nitrogens with zero attached hydrogens (tertiary/aromatic N) is 1. The van der Waals surface area contributed by atoms with E-state index < -0.39 is 0 Å². The lowest BCUT2D eigenvalue weighted by Crippen LogP contribution is -2.45. The SMILES string of the molecule is COC(=O)C(C)N1CCC(OC)CC1. The summed E-state index contributed by atoms with van der Waals surface area (Å²) in [5, 5.41) is 0. The van der Waals surface area contributed by atoms with Crippen LogP contribution in [0.3, 0.4) is 0 Å². The Labute approximate surface area is 85.2 Å². The molecule has 0 N–H and O–H groups in total. The number of hydrogen-bond donors (Lipinski definition) is 0. The fourth-order valence-electron chi connectivity index (χ4n) is 1.82. The summed E-state index contributed by atoms with van der Waals surface area (Å²) in [5.74, 6) is -0.152. The zero-order chi connectivity index (χ0) is 10.6. The van der Waals surface area contributed by atoms with Crippen molar-refractivity contribution in [1.29, 1.82) is 0 Å². The molecule has 4 nitrogen and oxygen atoms in total. The van der Waals surface area contributed by atoms with E-state index in [-0.39, 0.29) is 12.0 Å². The molecule has 1 unspecified atom stereocenters. The van der Waals surface area contributed by atoms with Gasteiger partial charge in [0.15, 0.2) is 0 Å². The fraction of sp³-hybridized carbons (Fsp3) is 0.900. The van der Waals surface area contributed by atoms with E-state index in [0.29, 0.717) is 6.10 Å². The lowest BCUT2D eigenvalue weighted by atomic mass is 10.1. The van der Waals surface area contributed by atoms with Gasteiger partial charge in [0.2, 0.25) is 0 Å². The van der Waals surface area contributed by atoms with Crippen molar-refractivity contribution < 1.29 is 14.3 Å². The van der Waals surface area contributed by atoms with Crippen molar-refractivity contribution in [2.45, 2.75) is 31.9 Å². The van der Waals surface area contributed by atoms with Crippen LogP contribution in [0.15, 0.2) is 0 Å². The molecule has 0 aliphatic carbocycles. The average Bonchev–Trinajstić information content (AvgIpc) is 2.27. The van der Waals surface area contributed by atoms with E-state index in [1.165, 1.54) is 7.11 Å². The molecule has 1 rings (SSSR count). The third kappa shape index (κ3) is 2.69. The predicted molar refractivity (Wildman–Crippen MR) is 53.1 cm³/mol. The molecule has 1 atom stereocenters. The van der Waals surface area contributed by atoms with Crippen molar-refractivity contribution >= 4 is 5.97 Å². The Morgan fingerprint density at radius 2 is 1.93 bits per heavy atom. The van der Waals surface area contributed by atoms with Crippen molar-refractivity contribution in [3.63, 3.8) is 0 Å². The van der Waals surface area contributed by atoms with Crippen molar-refractivity contribution in [1.82, 2.24) is 4.90 Å². The zero-order valence-corrected chi connectivity index (χ0v) is 9.16. The number of ether oxygens (including phenoxy) is 2. The van der Waals surface area contributed by atoms with Crippen LogP contribution in [-0.4, -0.2) is 50.3 Å². The number of hydrogen-bond acceptors (Lipinski definition) is 4. The average molecular weight is 201 g/mol. The minimum atomic E-state index is -0.152. The van der Waals surface area contributed by atoms with Crippen LogP contribution in [0.1, 0.15) is 19.8 Å². The van der Waals surface area contributed by atoms with Crippen LogP contribution in [0.4, 0.5) is 0 Å². The largest absolute Gasteiger partial charge is 0.468 e. The van der Waals surface area contributed by atoms with Crippen LogP contribution in [0.5, 0.6) is 0 Å². The number of methoxy groups -OCH3 is 2. The maximum atomic E-state index is 11.3. The Kier molecular flexibility index (Phi) is 4.35. The molecule has 1 heterocycles. The van der Waals surface area contributed by atoms with Gasteiger partial charge in [-0.15, -0.1) is 0 Å². The Morgan fingerprint density at radius 3 is 2.36 bits per heavy atom. The molecule has 1 saturated heterocycles. The van der Waals surface area contributed by atoms with Gasteiger partial charge in [-0.1, -0.05) is 0 Å². The number of rotatable bonds is 3. The number of carbonyl (C=O) groups excluding carboxylic acids is 1. The molecule has 0 saturated carbocycles. The summed E-state index contributed by atoms with van der Waals surface area (Å²) in [7, 11) is 3.17. The van der Waals surface area contributed by atoms with Gasteiger partial charge in [0.1, 0.15) is 6.04 Å². The van der Waals surface area contributed by atoms with Gasteiger partial charge in [-0.3, -0.25) is 9.69 Å². The summed E-state index contributed by atoms with van der Waals surface area (Å²) < 4.78 is 9.97. The van der Waals surface area contributed by atoms with E-state index in [9.17, 15) is 4.79 Å². The van der Waals surface area contributed by atoms with E-state index in [0.717, 1.165) is 25.9 Å². The van der Waals surface area contributed by atoms with Crippen molar-refractivity contribution in [2.75, 3.05) is 27.3 Å². The molecule has 1 aliphatic rings. The van der Waals surface area contributed by atoms with Crippen LogP contribution in [0, 0.1) is 0 Å². The maximum Gasteiger partial charge on any atom is 0.322 e. The highest BCUT2D eigenvalue weighted by Crippen LogP contribution is 2.15. The topological polar surface area (TPSA) is 38.8 Å². The second-order valence-corrected chi connectivity index (χ2v) is 3.67. The number of likely N-dealkylation sites (tertiary alicyclic amines) is 1. The Hall–Kier alpha value is -0.610. The van der Waals surface area contributed by atoms with Crippen LogP contribution in [0.25, 0.3) is 0 Å². The minimum absolute atomic E-state index is 0.127. The molecule has 4 heteroatoms. The van der Waals surface area contributed by atoms with E-state index in [1.54, 1.807) is 7.11 Å². The Bertz CT molecular complexity index is 188. The second kappa shape index (κ2) is 5.32. The molecule has 82 valence electrons. The molecule has 0 radical (unpaired) electrons. The first-order valence-corrected chi connectivity index (χ1v) is 5.03. The zero-order valence-electron chi connectivity index (χ0n) is 9.16. The molecule has 0 aromatic heterocycles. The molecular weight excluding hydrogens is 182 g/mol. The minimum Gasteiger partial charge on any atom is -0.468 e. The van der Waals surface area contributed by atoms with Crippen LogP contribution in [0.2, 0.25) is 0 Å². The summed E-state index contributed by atoms with van der Waals surface area (Å²) in [6, 6.07) is -0.127. The van der Waals surface area contributed by atoms with Crippen molar-refractivity contribution in [2.24, 2.45) is 0 Å². The first-order valence-electron chi connectivity index (χ1n) is 5.03. The Balaban J connectivity index is 2.37. The summed E-state index contributed by atoms with van der Waals surface area (Å²) in [5.41, 5.74) is 0. The smallest absolute Gasteiger partial charge is 0.322 e. The Morgan fingerprint density at radius 1 is 1.36 bits per heavy atom. The lowest BCUT2D eigenvalue weighted by Gasteiger charge is -2.33. The molecule has 0 spiro atoms. The first-order chi connectivity index (χ1) is 6.69. The quantitative estimate of drug-likeness (QED) is 0.629. The van der Waals surface area contributed by atoms with Crippen LogP contribution >= 0.6 is 0 Å². The third-order valence-electron chi connectivity index (χ3n) is 2.90. The summed E-state index contributed by atoms with van der Waals surface area (Å²) in [6.07, 6.45) is 2.35. The highest BCUT2D eigenvalue weighted by molar-refractivity contribution is 5.75. The fourth-order valence-corrected chi connectivity index (χ4v) is 1.82. The molecule has 1 fully saturated rings. The highest BCUT2D eigenvalue weighted by atomic mass is 16.5. The predicted octanol–water partition coefficient (Wildman–Crippen LogP) is 0.659. The summed E-state index contributed by atoms with van der Waals surface area (Å²) in [4.78, 5) is 13.4. The summed E-state index contributed by atoms with van der Waals surface area (Å²) in [6.45, 7) is 3.71. The van der Waals surface area contributed by atoms with Gasteiger partial charge < -0.3 is 9.47 Å². The monoisotopic (exact) mass is 201 g/mol.